The first-order valence-corrected chi connectivity index (χ1v) is 8.56. The fourth-order valence-electron chi connectivity index (χ4n) is 2.19. The predicted octanol–water partition coefficient (Wildman–Crippen LogP) is 2.95. The quantitative estimate of drug-likeness (QED) is 0.490. The van der Waals surface area contributed by atoms with Gasteiger partial charge < -0.3 is 10.6 Å². The number of fused-ring (bicyclic) bond motifs is 1. The number of rotatable bonds is 6. The Morgan fingerprint density at radius 2 is 2.24 bits per heavy atom. The maximum Gasteiger partial charge on any atom is 0.191 e. The van der Waals surface area contributed by atoms with Crippen molar-refractivity contribution in [1.29, 1.82) is 0 Å². The Balaban J connectivity index is 1.49. The highest BCUT2D eigenvalue weighted by atomic mass is 32.1. The van der Waals surface area contributed by atoms with Crippen LogP contribution in [0.25, 0.3) is 10.2 Å². The van der Waals surface area contributed by atoms with E-state index in [4.69, 9.17) is 0 Å². The second-order valence-electron chi connectivity index (χ2n) is 5.36. The molecule has 1 heterocycles. The Kier molecular flexibility index (Phi) is 4.70. The minimum absolute atomic E-state index is 0.645. The van der Waals surface area contributed by atoms with Crippen LogP contribution in [0.3, 0.4) is 0 Å². The maximum absolute atomic E-state index is 4.66. The molecule has 1 fully saturated rings. The summed E-state index contributed by atoms with van der Waals surface area (Å²) in [5.41, 5.74) is 1.12. The monoisotopic (exact) mass is 302 g/mol. The number of hydrogen-bond donors (Lipinski definition) is 2. The van der Waals surface area contributed by atoms with Gasteiger partial charge in [0.15, 0.2) is 5.96 Å². The Hall–Kier alpha value is -1.62. The molecule has 5 heteroatoms. The third-order valence-electron chi connectivity index (χ3n) is 3.42. The van der Waals surface area contributed by atoms with Gasteiger partial charge in [0.05, 0.1) is 15.2 Å². The number of thiazole rings is 1. The molecule has 21 heavy (non-hydrogen) atoms. The molecule has 1 aliphatic carbocycles. The van der Waals surface area contributed by atoms with Crippen LogP contribution < -0.4 is 10.6 Å². The van der Waals surface area contributed by atoms with E-state index in [1.54, 1.807) is 11.3 Å². The predicted molar refractivity (Wildman–Crippen MR) is 90.1 cm³/mol. The molecule has 0 saturated heterocycles. The third-order valence-corrected chi connectivity index (χ3v) is 4.52. The molecule has 2 aromatic rings. The van der Waals surface area contributed by atoms with Crippen LogP contribution in [0.4, 0.5) is 0 Å². The first-order chi connectivity index (χ1) is 10.3. The van der Waals surface area contributed by atoms with Crippen molar-refractivity contribution in [3.8, 4) is 0 Å². The van der Waals surface area contributed by atoms with Gasteiger partial charge >= 0.3 is 0 Å². The van der Waals surface area contributed by atoms with Crippen LogP contribution in [0, 0.1) is 0 Å². The van der Waals surface area contributed by atoms with Gasteiger partial charge in [0.2, 0.25) is 0 Å². The van der Waals surface area contributed by atoms with E-state index in [1.807, 2.05) is 6.07 Å². The van der Waals surface area contributed by atoms with Gasteiger partial charge in [-0.25, -0.2) is 4.98 Å². The largest absolute Gasteiger partial charge is 0.357 e. The number of hydrogen-bond acceptors (Lipinski definition) is 3. The van der Waals surface area contributed by atoms with E-state index >= 15 is 0 Å². The van der Waals surface area contributed by atoms with Crippen LogP contribution >= 0.6 is 11.3 Å². The lowest BCUT2D eigenvalue weighted by Crippen LogP contribution is -2.38. The average molecular weight is 302 g/mol. The highest BCUT2D eigenvalue weighted by Gasteiger charge is 2.21. The number of aromatic nitrogens is 1. The normalized spacial score (nSPS) is 15.4. The molecule has 0 amide bonds. The molecule has 0 spiro atoms. The maximum atomic E-state index is 4.66. The molecule has 1 aliphatic rings. The van der Waals surface area contributed by atoms with E-state index in [0.29, 0.717) is 6.04 Å². The second-order valence-corrected chi connectivity index (χ2v) is 6.47. The van der Waals surface area contributed by atoms with Gasteiger partial charge in [0.1, 0.15) is 0 Å². The fraction of sp³-hybridized carbons (Fsp3) is 0.500. The molecule has 1 aromatic carbocycles. The summed E-state index contributed by atoms with van der Waals surface area (Å²) >= 11 is 1.80. The lowest BCUT2D eigenvalue weighted by molar-refractivity contribution is 0.781. The van der Waals surface area contributed by atoms with Crippen LogP contribution in [-0.2, 0) is 6.42 Å². The summed E-state index contributed by atoms with van der Waals surface area (Å²) in [6, 6.07) is 8.98. The number of nitrogens with zero attached hydrogens (tertiary/aromatic N) is 2. The molecular formula is C16H22N4S. The van der Waals surface area contributed by atoms with Gasteiger partial charge in [-0.05, 0) is 38.3 Å². The summed E-state index contributed by atoms with van der Waals surface area (Å²) in [6.45, 7) is 3.86. The molecule has 0 atom stereocenters. The Morgan fingerprint density at radius 3 is 3.00 bits per heavy atom. The number of aliphatic imine (C=N–C) groups is 1. The fourth-order valence-corrected chi connectivity index (χ4v) is 3.20. The molecule has 2 N–H and O–H groups in total. The number of benzene rings is 1. The minimum Gasteiger partial charge on any atom is -0.357 e. The SMILES string of the molecule is CCNC(=NCCCc1nc2ccccc2s1)NC1CC1. The van der Waals surface area contributed by atoms with E-state index in [9.17, 15) is 0 Å². The number of nitrogens with one attached hydrogen (secondary N) is 2. The van der Waals surface area contributed by atoms with Crippen molar-refractivity contribution >= 4 is 27.5 Å². The Bertz CT molecular complexity index is 583. The lowest BCUT2D eigenvalue weighted by Gasteiger charge is -2.09. The minimum atomic E-state index is 0.645. The Labute approximate surface area is 129 Å². The number of aryl methyl sites for hydroxylation is 1. The first-order valence-electron chi connectivity index (χ1n) is 7.74. The standard InChI is InChI=1S/C16H22N4S/c1-2-17-16(19-12-9-10-12)18-11-5-8-15-20-13-6-3-4-7-14(13)21-15/h3-4,6-7,12H,2,5,8-11H2,1H3,(H2,17,18,19). The zero-order valence-corrected chi connectivity index (χ0v) is 13.2. The van der Waals surface area contributed by atoms with E-state index in [-0.39, 0.29) is 0 Å². The van der Waals surface area contributed by atoms with Crippen LogP contribution in [0.1, 0.15) is 31.2 Å². The molecule has 0 unspecified atom stereocenters. The smallest absolute Gasteiger partial charge is 0.191 e. The average Bonchev–Trinajstić information content (AvgIpc) is 3.20. The van der Waals surface area contributed by atoms with E-state index in [2.05, 4.69) is 45.7 Å². The topological polar surface area (TPSA) is 49.3 Å². The number of guanidine groups is 1. The molecule has 1 aromatic heterocycles. The summed E-state index contributed by atoms with van der Waals surface area (Å²) in [6.07, 6.45) is 4.60. The second kappa shape index (κ2) is 6.89. The molecule has 4 nitrogen and oxygen atoms in total. The zero-order valence-electron chi connectivity index (χ0n) is 12.4. The van der Waals surface area contributed by atoms with Crippen molar-refractivity contribution in [3.05, 3.63) is 29.3 Å². The van der Waals surface area contributed by atoms with Crippen molar-refractivity contribution in [1.82, 2.24) is 15.6 Å². The highest BCUT2D eigenvalue weighted by Crippen LogP contribution is 2.22. The summed E-state index contributed by atoms with van der Waals surface area (Å²) in [4.78, 5) is 9.30. The van der Waals surface area contributed by atoms with Gasteiger partial charge in [-0.1, -0.05) is 12.1 Å². The third kappa shape index (κ3) is 4.17. The van der Waals surface area contributed by atoms with Crippen LogP contribution in [-0.4, -0.2) is 30.1 Å². The summed E-state index contributed by atoms with van der Waals surface area (Å²) in [7, 11) is 0. The van der Waals surface area contributed by atoms with Gasteiger partial charge in [0.25, 0.3) is 0 Å². The van der Waals surface area contributed by atoms with Crippen LogP contribution in [0.5, 0.6) is 0 Å². The molecule has 1 saturated carbocycles. The molecule has 0 bridgehead atoms. The first kappa shape index (κ1) is 14.3. The van der Waals surface area contributed by atoms with Crippen molar-refractivity contribution in [2.24, 2.45) is 4.99 Å². The lowest BCUT2D eigenvalue weighted by atomic mass is 10.3. The molecule has 3 rings (SSSR count). The van der Waals surface area contributed by atoms with Crippen molar-refractivity contribution in [2.45, 2.75) is 38.6 Å². The van der Waals surface area contributed by atoms with Gasteiger partial charge in [-0.2, -0.15) is 0 Å². The van der Waals surface area contributed by atoms with Crippen molar-refractivity contribution in [3.63, 3.8) is 0 Å². The van der Waals surface area contributed by atoms with Crippen LogP contribution in [0.15, 0.2) is 29.3 Å². The van der Waals surface area contributed by atoms with E-state index in [1.165, 1.54) is 22.5 Å². The van der Waals surface area contributed by atoms with Crippen molar-refractivity contribution < 1.29 is 0 Å². The van der Waals surface area contributed by atoms with Gasteiger partial charge in [-0.15, -0.1) is 11.3 Å². The summed E-state index contributed by atoms with van der Waals surface area (Å²) in [5.74, 6) is 0.962. The highest BCUT2D eigenvalue weighted by molar-refractivity contribution is 7.18. The van der Waals surface area contributed by atoms with E-state index < -0.39 is 0 Å². The molecule has 112 valence electrons. The molecule has 0 aliphatic heterocycles. The molecule has 0 radical (unpaired) electrons. The number of para-hydroxylation sites is 1. The Morgan fingerprint density at radius 1 is 1.38 bits per heavy atom. The van der Waals surface area contributed by atoms with E-state index in [0.717, 1.165) is 37.4 Å². The summed E-state index contributed by atoms with van der Waals surface area (Å²) < 4.78 is 1.28. The summed E-state index contributed by atoms with van der Waals surface area (Å²) in [5, 5.41) is 7.95. The van der Waals surface area contributed by atoms with Gasteiger partial charge in [-0.3, -0.25) is 4.99 Å². The van der Waals surface area contributed by atoms with Crippen LogP contribution in [0.2, 0.25) is 0 Å². The van der Waals surface area contributed by atoms with Crippen molar-refractivity contribution in [2.75, 3.05) is 13.1 Å². The van der Waals surface area contributed by atoms with Gasteiger partial charge in [0, 0.05) is 25.6 Å². The molecular weight excluding hydrogens is 280 g/mol. The zero-order chi connectivity index (χ0) is 14.5.